The van der Waals surface area contributed by atoms with Gasteiger partial charge in [0.1, 0.15) is 11.8 Å². The zero-order valence-electron chi connectivity index (χ0n) is 13.7. The summed E-state index contributed by atoms with van der Waals surface area (Å²) in [4.78, 5) is 16.2. The molecule has 0 saturated carbocycles. The summed E-state index contributed by atoms with van der Waals surface area (Å²) in [5.41, 5.74) is 1.44. The van der Waals surface area contributed by atoms with Gasteiger partial charge in [0.25, 0.3) is 5.91 Å². The van der Waals surface area contributed by atoms with Crippen LogP contribution in [0.5, 0.6) is 5.75 Å². The fourth-order valence-corrected chi connectivity index (χ4v) is 2.34. The summed E-state index contributed by atoms with van der Waals surface area (Å²) in [5, 5.41) is 15.9. The van der Waals surface area contributed by atoms with Crippen molar-refractivity contribution in [3.63, 3.8) is 0 Å². The van der Waals surface area contributed by atoms with E-state index in [0.717, 1.165) is 5.56 Å². The van der Waals surface area contributed by atoms with Crippen LogP contribution in [0.4, 0.5) is 5.69 Å². The molecule has 26 heavy (non-hydrogen) atoms. The molecule has 0 radical (unpaired) electrons. The minimum absolute atomic E-state index is 0.210. The Bertz CT molecular complexity index is 977. The van der Waals surface area contributed by atoms with E-state index < -0.39 is 5.91 Å². The Morgan fingerprint density at radius 2 is 2.08 bits per heavy atom. The number of nitriles is 1. The molecule has 0 aliphatic heterocycles. The number of aryl methyl sites for hydroxylation is 1. The third-order valence-corrected chi connectivity index (χ3v) is 3.62. The van der Waals surface area contributed by atoms with Gasteiger partial charge in [-0.25, -0.2) is 0 Å². The average Bonchev–Trinajstić information content (AvgIpc) is 3.07. The van der Waals surface area contributed by atoms with Crippen molar-refractivity contribution in [2.24, 2.45) is 0 Å². The molecule has 2 aromatic carbocycles. The summed E-state index contributed by atoms with van der Waals surface area (Å²) >= 11 is 5.89. The molecule has 130 valence electrons. The largest absolute Gasteiger partial charge is 0.484 e. The van der Waals surface area contributed by atoms with Crippen LogP contribution in [-0.4, -0.2) is 22.7 Å². The first-order valence-corrected chi connectivity index (χ1v) is 7.96. The number of nitrogens with one attached hydrogen (secondary N) is 1. The van der Waals surface area contributed by atoms with E-state index in [4.69, 9.17) is 26.1 Å². The van der Waals surface area contributed by atoms with Crippen molar-refractivity contribution in [1.29, 1.82) is 5.26 Å². The molecule has 0 unspecified atom stereocenters. The summed E-state index contributed by atoms with van der Waals surface area (Å²) in [5.74, 6) is 1.07. The summed E-state index contributed by atoms with van der Waals surface area (Å²) < 4.78 is 10.4. The van der Waals surface area contributed by atoms with Crippen molar-refractivity contribution in [3.8, 4) is 23.2 Å². The third-order valence-electron chi connectivity index (χ3n) is 3.39. The number of carbonyl (C=O) groups is 1. The number of amides is 1. The second-order valence-corrected chi connectivity index (χ2v) is 5.74. The monoisotopic (exact) mass is 368 g/mol. The van der Waals surface area contributed by atoms with Crippen molar-refractivity contribution in [2.75, 3.05) is 11.9 Å². The molecule has 0 bridgehead atoms. The lowest BCUT2D eigenvalue weighted by molar-refractivity contribution is -0.118. The maximum absolute atomic E-state index is 12.0. The number of ether oxygens (including phenoxy) is 1. The van der Waals surface area contributed by atoms with Gasteiger partial charge in [0.05, 0.1) is 11.3 Å². The van der Waals surface area contributed by atoms with Crippen LogP contribution in [0.15, 0.2) is 47.0 Å². The highest BCUT2D eigenvalue weighted by molar-refractivity contribution is 6.31. The summed E-state index contributed by atoms with van der Waals surface area (Å²) in [6.45, 7) is 1.50. The Morgan fingerprint density at radius 3 is 2.73 bits per heavy atom. The van der Waals surface area contributed by atoms with Crippen LogP contribution in [0, 0.1) is 18.3 Å². The average molecular weight is 369 g/mol. The predicted molar refractivity (Wildman–Crippen MR) is 94.8 cm³/mol. The van der Waals surface area contributed by atoms with Crippen molar-refractivity contribution in [2.45, 2.75) is 6.92 Å². The lowest BCUT2D eigenvalue weighted by Gasteiger charge is -2.09. The van der Waals surface area contributed by atoms with E-state index in [9.17, 15) is 4.79 Å². The van der Waals surface area contributed by atoms with E-state index in [1.165, 1.54) is 12.1 Å². The van der Waals surface area contributed by atoms with E-state index in [-0.39, 0.29) is 6.61 Å². The second kappa shape index (κ2) is 7.68. The van der Waals surface area contributed by atoms with E-state index in [1.54, 1.807) is 37.3 Å². The molecule has 0 aliphatic rings. The van der Waals surface area contributed by atoms with Crippen LogP contribution in [0.25, 0.3) is 11.4 Å². The molecular weight excluding hydrogens is 356 g/mol. The van der Waals surface area contributed by atoms with Crippen LogP contribution in [0.3, 0.4) is 0 Å². The summed E-state index contributed by atoms with van der Waals surface area (Å²) in [6, 6.07) is 13.6. The molecular formula is C18H13ClN4O3. The number of halogens is 1. The van der Waals surface area contributed by atoms with Crippen LogP contribution in [-0.2, 0) is 4.79 Å². The third kappa shape index (κ3) is 4.18. The minimum atomic E-state index is -0.401. The van der Waals surface area contributed by atoms with Gasteiger partial charge in [-0.15, -0.1) is 0 Å². The summed E-state index contributed by atoms with van der Waals surface area (Å²) in [7, 11) is 0. The fraction of sp³-hybridized carbons (Fsp3) is 0.111. The highest BCUT2D eigenvalue weighted by atomic mass is 35.5. The molecule has 3 aromatic rings. The van der Waals surface area contributed by atoms with Gasteiger partial charge in [-0.2, -0.15) is 10.2 Å². The zero-order chi connectivity index (χ0) is 18.5. The highest BCUT2D eigenvalue weighted by Gasteiger charge is 2.09. The van der Waals surface area contributed by atoms with Gasteiger partial charge in [0.15, 0.2) is 6.61 Å². The van der Waals surface area contributed by atoms with Crippen LogP contribution in [0.2, 0.25) is 5.02 Å². The van der Waals surface area contributed by atoms with Crippen LogP contribution in [0.1, 0.15) is 11.5 Å². The Hall–Kier alpha value is -3.37. The molecule has 1 heterocycles. The minimum Gasteiger partial charge on any atom is -0.484 e. The van der Waals surface area contributed by atoms with Crippen molar-refractivity contribution >= 4 is 23.2 Å². The number of hydrogen-bond acceptors (Lipinski definition) is 6. The van der Waals surface area contributed by atoms with E-state index >= 15 is 0 Å². The van der Waals surface area contributed by atoms with Crippen molar-refractivity contribution < 1.29 is 14.1 Å². The molecule has 1 aromatic heterocycles. The first-order valence-electron chi connectivity index (χ1n) is 7.58. The first kappa shape index (κ1) is 17.5. The van der Waals surface area contributed by atoms with E-state index in [2.05, 4.69) is 15.5 Å². The Kier molecular flexibility index (Phi) is 5.15. The van der Waals surface area contributed by atoms with E-state index in [1.807, 2.05) is 6.07 Å². The topological polar surface area (TPSA) is 101 Å². The second-order valence-electron chi connectivity index (χ2n) is 5.30. The van der Waals surface area contributed by atoms with E-state index in [0.29, 0.717) is 33.7 Å². The predicted octanol–water partition coefficient (Wildman–Crippen LogP) is 3.59. The van der Waals surface area contributed by atoms with Crippen molar-refractivity contribution in [1.82, 2.24) is 10.1 Å². The molecule has 0 spiro atoms. The first-order chi connectivity index (χ1) is 12.5. The highest BCUT2D eigenvalue weighted by Crippen LogP contribution is 2.21. The number of benzene rings is 2. The number of aromatic nitrogens is 2. The zero-order valence-corrected chi connectivity index (χ0v) is 14.4. The molecule has 1 N–H and O–H groups in total. The number of carbonyl (C=O) groups excluding carboxylic acids is 1. The van der Waals surface area contributed by atoms with Gasteiger partial charge in [-0.3, -0.25) is 4.79 Å². The van der Waals surface area contributed by atoms with Crippen LogP contribution < -0.4 is 10.1 Å². The lowest BCUT2D eigenvalue weighted by atomic mass is 10.2. The maximum Gasteiger partial charge on any atom is 0.262 e. The molecule has 0 saturated heterocycles. The Balaban J connectivity index is 1.60. The SMILES string of the molecule is Cc1nc(-c2ccc(OCC(=O)Nc3cc(Cl)ccc3C#N)cc2)no1. The lowest BCUT2D eigenvalue weighted by Crippen LogP contribution is -2.20. The molecule has 3 rings (SSSR count). The molecule has 1 amide bonds. The normalized spacial score (nSPS) is 10.2. The number of rotatable bonds is 5. The van der Waals surface area contributed by atoms with Gasteiger partial charge in [-0.1, -0.05) is 16.8 Å². The molecule has 0 fully saturated rings. The van der Waals surface area contributed by atoms with Gasteiger partial charge >= 0.3 is 0 Å². The number of nitrogens with zero attached hydrogens (tertiary/aromatic N) is 3. The van der Waals surface area contributed by atoms with Crippen LogP contribution >= 0.6 is 11.6 Å². The van der Waals surface area contributed by atoms with Gasteiger partial charge in [0, 0.05) is 17.5 Å². The fourth-order valence-electron chi connectivity index (χ4n) is 2.17. The maximum atomic E-state index is 12.0. The molecule has 8 heteroatoms. The standard InChI is InChI=1S/C18H13ClN4O3/c1-11-21-18(23-26-11)12-3-6-15(7-4-12)25-10-17(24)22-16-8-14(19)5-2-13(16)9-20/h2-8H,10H2,1H3,(H,22,24). The van der Waals surface area contributed by atoms with Gasteiger partial charge in [0.2, 0.25) is 11.7 Å². The number of anilines is 1. The smallest absolute Gasteiger partial charge is 0.262 e. The Morgan fingerprint density at radius 1 is 1.31 bits per heavy atom. The number of hydrogen-bond donors (Lipinski definition) is 1. The summed E-state index contributed by atoms with van der Waals surface area (Å²) in [6.07, 6.45) is 0. The van der Waals surface area contributed by atoms with Crippen molar-refractivity contribution in [3.05, 3.63) is 58.9 Å². The molecule has 0 aliphatic carbocycles. The quantitative estimate of drug-likeness (QED) is 0.738. The van der Waals surface area contributed by atoms with Gasteiger partial charge in [-0.05, 0) is 42.5 Å². The van der Waals surface area contributed by atoms with Gasteiger partial charge < -0.3 is 14.6 Å². The Labute approximate surface area is 154 Å². The molecule has 7 nitrogen and oxygen atoms in total. The molecule has 0 atom stereocenters.